The number of benzene rings is 3. The minimum absolute atomic E-state index is 0.0479. The number of aryl methyl sites for hydroxylation is 1. The van der Waals surface area contributed by atoms with Gasteiger partial charge in [0.15, 0.2) is 0 Å². The van der Waals surface area contributed by atoms with Gasteiger partial charge in [-0.05, 0) is 48.4 Å². The molecule has 0 heterocycles. The van der Waals surface area contributed by atoms with Crippen LogP contribution < -0.4 is 16.0 Å². The zero-order valence-corrected chi connectivity index (χ0v) is 25.4. The van der Waals surface area contributed by atoms with Gasteiger partial charge >= 0.3 is 24.0 Å². The Balaban J connectivity index is 1.81. The van der Waals surface area contributed by atoms with Gasteiger partial charge in [-0.15, -0.1) is 0 Å². The maximum atomic E-state index is 13.6. The Morgan fingerprint density at radius 3 is 1.72 bits per heavy atom. The van der Waals surface area contributed by atoms with Crippen LogP contribution in [0.2, 0.25) is 0 Å². The molecule has 0 radical (unpaired) electrons. The number of nitrogens with one attached hydrogen (secondary N) is 3. The van der Waals surface area contributed by atoms with E-state index in [1.54, 1.807) is 98.0 Å². The van der Waals surface area contributed by atoms with E-state index >= 15 is 0 Å². The molecule has 9 nitrogen and oxygen atoms in total. The van der Waals surface area contributed by atoms with Gasteiger partial charge in [0.25, 0.3) is 0 Å². The lowest BCUT2D eigenvalue weighted by molar-refractivity contribution is -0.174. The van der Waals surface area contributed by atoms with Crippen LogP contribution >= 0.6 is 0 Å². The van der Waals surface area contributed by atoms with Gasteiger partial charge < -0.3 is 20.7 Å². The van der Waals surface area contributed by atoms with Gasteiger partial charge in [0.05, 0.1) is 5.56 Å². The summed E-state index contributed by atoms with van der Waals surface area (Å²) in [6, 6.07) is 20.8. The minimum Gasteiger partial charge on any atom is -0.388 e. The van der Waals surface area contributed by atoms with E-state index < -0.39 is 54.0 Å². The lowest BCUT2D eigenvalue weighted by atomic mass is 10.00. The Morgan fingerprint density at radius 1 is 0.674 bits per heavy atom. The lowest BCUT2D eigenvalue weighted by Crippen LogP contribution is -2.57. The smallest absolute Gasteiger partial charge is 0.388 e. The third-order valence-corrected chi connectivity index (χ3v) is 6.87. The molecule has 0 spiro atoms. The molecule has 0 bridgehead atoms. The fourth-order valence-corrected chi connectivity index (χ4v) is 4.55. The highest BCUT2D eigenvalue weighted by molar-refractivity contribution is 6.00. The van der Waals surface area contributed by atoms with Crippen LogP contribution in [-0.2, 0) is 36.8 Å². The van der Waals surface area contributed by atoms with Gasteiger partial charge in [0, 0.05) is 6.42 Å². The van der Waals surface area contributed by atoms with Crippen molar-refractivity contribution in [3.63, 3.8) is 0 Å². The van der Waals surface area contributed by atoms with Crippen molar-refractivity contribution in [1.29, 1.82) is 0 Å². The van der Waals surface area contributed by atoms with E-state index in [1.165, 1.54) is 12.1 Å². The van der Waals surface area contributed by atoms with Gasteiger partial charge in [-0.1, -0.05) is 92.7 Å². The van der Waals surface area contributed by atoms with Crippen molar-refractivity contribution in [2.45, 2.75) is 63.8 Å². The molecule has 0 aliphatic heterocycles. The molecule has 0 unspecified atom stereocenters. The fraction of sp³-hybridized carbons (Fsp3) is 0.324. The summed E-state index contributed by atoms with van der Waals surface area (Å²) in [4.78, 5) is 64.5. The maximum Gasteiger partial charge on any atom is 0.471 e. The van der Waals surface area contributed by atoms with Crippen molar-refractivity contribution < 1.29 is 41.9 Å². The fourth-order valence-electron chi connectivity index (χ4n) is 4.55. The number of amides is 3. The third-order valence-electron chi connectivity index (χ3n) is 6.87. The normalized spacial score (nSPS) is 13.2. The molecule has 0 fully saturated rings. The van der Waals surface area contributed by atoms with Gasteiger partial charge in [-0.2, -0.15) is 13.2 Å². The molecule has 3 amide bonds. The van der Waals surface area contributed by atoms with Crippen molar-refractivity contribution in [2.75, 3.05) is 0 Å². The molecule has 3 aromatic rings. The van der Waals surface area contributed by atoms with Crippen molar-refractivity contribution >= 4 is 29.7 Å². The van der Waals surface area contributed by atoms with E-state index in [-0.39, 0.29) is 37.2 Å². The quantitative estimate of drug-likeness (QED) is 0.178. The predicted octanol–water partition coefficient (Wildman–Crippen LogP) is 4.31. The monoisotopic (exact) mass is 639 g/mol. The summed E-state index contributed by atoms with van der Waals surface area (Å²) < 4.78 is 44.4. The lowest BCUT2D eigenvalue weighted by Gasteiger charge is -2.26. The first-order chi connectivity index (χ1) is 21.8. The summed E-state index contributed by atoms with van der Waals surface area (Å²) in [5, 5.41) is 6.75. The van der Waals surface area contributed by atoms with Gasteiger partial charge in [0.1, 0.15) is 18.1 Å². The van der Waals surface area contributed by atoms with Crippen molar-refractivity contribution in [3.05, 3.63) is 108 Å². The second-order valence-corrected chi connectivity index (χ2v) is 11.1. The number of carbonyl (C=O) groups excluding carboxylic acids is 5. The van der Waals surface area contributed by atoms with E-state index in [1.807, 2.05) is 0 Å². The molecule has 3 atom stereocenters. The van der Waals surface area contributed by atoms with Crippen molar-refractivity contribution in [2.24, 2.45) is 5.92 Å². The summed E-state index contributed by atoms with van der Waals surface area (Å²) in [5.41, 5.74) is 1.48. The molecule has 0 aliphatic carbocycles. The molecular formula is C34H36F3N3O6. The van der Waals surface area contributed by atoms with Crippen molar-refractivity contribution in [1.82, 2.24) is 16.0 Å². The van der Waals surface area contributed by atoms with E-state index in [9.17, 15) is 37.1 Å². The zero-order chi connectivity index (χ0) is 33.7. The highest BCUT2D eigenvalue weighted by Crippen LogP contribution is 2.16. The highest BCUT2D eigenvalue weighted by atomic mass is 19.4. The number of hydrogen-bond donors (Lipinski definition) is 3. The second-order valence-electron chi connectivity index (χ2n) is 11.1. The third kappa shape index (κ3) is 11.5. The predicted molar refractivity (Wildman–Crippen MR) is 163 cm³/mol. The number of ether oxygens (including phenoxy) is 1. The summed E-state index contributed by atoms with van der Waals surface area (Å²) in [7, 11) is 0. The summed E-state index contributed by atoms with van der Waals surface area (Å²) in [6.07, 6.45) is -5.26. The van der Waals surface area contributed by atoms with E-state index in [2.05, 4.69) is 10.6 Å². The van der Waals surface area contributed by atoms with E-state index in [0.717, 1.165) is 5.56 Å². The van der Waals surface area contributed by atoms with Gasteiger partial charge in [-0.3, -0.25) is 14.4 Å². The topological polar surface area (TPSA) is 131 Å². The van der Waals surface area contributed by atoms with Crippen LogP contribution in [0.5, 0.6) is 0 Å². The molecular weight excluding hydrogens is 603 g/mol. The summed E-state index contributed by atoms with van der Waals surface area (Å²) in [6.45, 7) is 3.53. The largest absolute Gasteiger partial charge is 0.471 e. The Labute approximate surface area is 264 Å². The molecule has 46 heavy (non-hydrogen) atoms. The molecule has 244 valence electrons. The number of alkyl halides is 3. The van der Waals surface area contributed by atoms with E-state index in [0.29, 0.717) is 5.56 Å². The molecule has 0 aromatic heterocycles. The number of rotatable bonds is 14. The van der Waals surface area contributed by atoms with Crippen molar-refractivity contribution in [3.8, 4) is 0 Å². The Hall–Kier alpha value is -5.00. The van der Waals surface area contributed by atoms with Crippen LogP contribution in [-0.4, -0.2) is 54.0 Å². The van der Waals surface area contributed by atoms with Crippen LogP contribution in [0.3, 0.4) is 0 Å². The molecule has 12 heteroatoms. The van der Waals surface area contributed by atoms with Gasteiger partial charge in [-0.25, -0.2) is 9.59 Å². The number of esters is 2. The molecule has 3 N–H and O–H groups in total. The molecule has 0 saturated carbocycles. The minimum atomic E-state index is -5.23. The van der Waals surface area contributed by atoms with E-state index in [4.69, 9.17) is 4.74 Å². The Kier molecular flexibility index (Phi) is 13.0. The Morgan fingerprint density at radius 2 is 1.17 bits per heavy atom. The average Bonchev–Trinajstić information content (AvgIpc) is 3.02. The number of hydrogen-bond acceptors (Lipinski definition) is 6. The van der Waals surface area contributed by atoms with Crippen LogP contribution in [0.4, 0.5) is 13.2 Å². The summed E-state index contributed by atoms with van der Waals surface area (Å²) >= 11 is 0. The average molecular weight is 640 g/mol. The zero-order valence-electron chi connectivity index (χ0n) is 25.4. The standard InChI is InChI=1S/C34H36F3N3O6/c1-22(2)20-27(38-29(41)26(40-33(45)34(35,36)37)19-18-23-12-6-3-7-13-23)30(42)39-28(21-24-14-8-4-9-15-24)32(44)46-31(43)25-16-10-5-11-17-25/h3-17,22,26-28H,18-21H2,1-2H3,(H,38,41)(H,39,42)(H,40,45)/t26-,27-,28-/m0/s1. The first-order valence-corrected chi connectivity index (χ1v) is 14.7. The number of carbonyl (C=O) groups is 5. The molecule has 0 saturated heterocycles. The second kappa shape index (κ2) is 16.9. The van der Waals surface area contributed by atoms with Crippen LogP contribution in [0.25, 0.3) is 0 Å². The van der Waals surface area contributed by atoms with Crippen LogP contribution in [0, 0.1) is 5.92 Å². The number of halogens is 3. The molecule has 0 aliphatic rings. The first-order valence-electron chi connectivity index (χ1n) is 14.7. The Bertz CT molecular complexity index is 1470. The molecule has 3 rings (SSSR count). The van der Waals surface area contributed by atoms with Crippen LogP contribution in [0.15, 0.2) is 91.0 Å². The first kappa shape index (κ1) is 35.5. The highest BCUT2D eigenvalue weighted by Gasteiger charge is 2.41. The SMILES string of the molecule is CC(C)C[C@H](NC(=O)[C@H](CCc1ccccc1)NC(=O)C(F)(F)F)C(=O)N[C@@H](Cc1ccccc1)C(=O)OC(=O)c1ccccc1. The van der Waals surface area contributed by atoms with Gasteiger partial charge in [0.2, 0.25) is 11.8 Å². The molecule has 3 aromatic carbocycles. The maximum absolute atomic E-state index is 13.6. The van der Waals surface area contributed by atoms with Crippen LogP contribution in [0.1, 0.15) is 48.2 Å². The summed E-state index contributed by atoms with van der Waals surface area (Å²) in [5.74, 6) is -6.26.